The van der Waals surface area contributed by atoms with Crippen LogP contribution in [0, 0.1) is 11.3 Å². The topological polar surface area (TPSA) is 58.2 Å². The molecule has 0 aliphatic heterocycles. The number of carbonyl (C=O) groups is 2. The molecular weight excluding hydrogens is 264 g/mol. The van der Waals surface area contributed by atoms with E-state index < -0.39 is 11.8 Å². The highest BCUT2D eigenvalue weighted by Crippen LogP contribution is 2.37. The van der Waals surface area contributed by atoms with Crippen LogP contribution in [0.4, 0.5) is 0 Å². The van der Waals surface area contributed by atoms with Gasteiger partial charge in [-0.15, -0.1) is 0 Å². The van der Waals surface area contributed by atoms with Crippen molar-refractivity contribution in [3.8, 4) is 0 Å². The first-order valence-electron chi connectivity index (χ1n) is 8.47. The second-order valence-corrected chi connectivity index (χ2v) is 7.84. The van der Waals surface area contributed by atoms with E-state index in [1.165, 1.54) is 0 Å². The molecule has 2 aliphatic carbocycles. The molecular formula is C17H30N2O2. The first-order valence-corrected chi connectivity index (χ1v) is 8.47. The van der Waals surface area contributed by atoms with Crippen molar-refractivity contribution in [2.45, 2.75) is 84.2 Å². The Kier molecular flexibility index (Phi) is 5.28. The minimum Gasteiger partial charge on any atom is -0.345 e. The van der Waals surface area contributed by atoms with Crippen molar-refractivity contribution in [1.29, 1.82) is 0 Å². The molecule has 0 aromatic rings. The van der Waals surface area contributed by atoms with Crippen molar-refractivity contribution in [2.75, 3.05) is 0 Å². The zero-order chi connectivity index (χ0) is 15.5. The molecule has 4 nitrogen and oxygen atoms in total. The van der Waals surface area contributed by atoms with Gasteiger partial charge in [0.15, 0.2) is 0 Å². The van der Waals surface area contributed by atoms with E-state index in [0.717, 1.165) is 57.3 Å². The van der Waals surface area contributed by atoms with Gasteiger partial charge in [0, 0.05) is 12.1 Å². The average Bonchev–Trinajstić information content (AvgIpc) is 2.91. The third kappa shape index (κ3) is 4.72. The molecule has 0 spiro atoms. The highest BCUT2D eigenvalue weighted by molar-refractivity contribution is 6.35. The molecule has 120 valence electrons. The summed E-state index contributed by atoms with van der Waals surface area (Å²) < 4.78 is 0. The molecule has 2 fully saturated rings. The number of hydrogen-bond acceptors (Lipinski definition) is 2. The molecule has 0 aromatic heterocycles. The van der Waals surface area contributed by atoms with Crippen molar-refractivity contribution >= 4 is 11.8 Å². The van der Waals surface area contributed by atoms with Crippen LogP contribution in [0.2, 0.25) is 0 Å². The van der Waals surface area contributed by atoms with Crippen LogP contribution in [0.15, 0.2) is 0 Å². The molecule has 2 aliphatic rings. The zero-order valence-corrected chi connectivity index (χ0v) is 13.7. The Morgan fingerprint density at radius 2 is 1.19 bits per heavy atom. The molecule has 0 heterocycles. The third-order valence-electron chi connectivity index (χ3n) is 5.18. The van der Waals surface area contributed by atoms with Gasteiger partial charge in [0.05, 0.1) is 0 Å². The Morgan fingerprint density at radius 3 is 1.62 bits per heavy atom. The fraction of sp³-hybridized carbons (Fsp3) is 0.882. The maximum Gasteiger partial charge on any atom is 0.309 e. The molecule has 4 heteroatoms. The maximum atomic E-state index is 12.0. The quantitative estimate of drug-likeness (QED) is 0.769. The van der Waals surface area contributed by atoms with Gasteiger partial charge in [-0.1, -0.05) is 33.6 Å². The van der Waals surface area contributed by atoms with Crippen molar-refractivity contribution in [3.63, 3.8) is 0 Å². The van der Waals surface area contributed by atoms with Gasteiger partial charge in [0.1, 0.15) is 0 Å². The van der Waals surface area contributed by atoms with Crippen molar-refractivity contribution in [3.05, 3.63) is 0 Å². The molecule has 0 aromatic carbocycles. The normalized spacial score (nSPS) is 27.4. The molecule has 2 amide bonds. The SMILES string of the molecule is CC(C)(C)C1CCC(NC(=O)C(=O)NC2CCCC2)CC1. The van der Waals surface area contributed by atoms with E-state index in [2.05, 4.69) is 31.4 Å². The van der Waals surface area contributed by atoms with Gasteiger partial charge in [-0.2, -0.15) is 0 Å². The summed E-state index contributed by atoms with van der Waals surface area (Å²) in [6.45, 7) is 6.85. The van der Waals surface area contributed by atoms with E-state index >= 15 is 0 Å². The van der Waals surface area contributed by atoms with Crippen LogP contribution in [-0.4, -0.2) is 23.9 Å². The predicted molar refractivity (Wildman–Crippen MR) is 83.7 cm³/mol. The Labute approximate surface area is 128 Å². The first-order chi connectivity index (χ1) is 9.86. The third-order valence-corrected chi connectivity index (χ3v) is 5.18. The van der Waals surface area contributed by atoms with E-state index in [1.54, 1.807) is 0 Å². The van der Waals surface area contributed by atoms with Gasteiger partial charge in [-0.05, 0) is 49.9 Å². The lowest BCUT2D eigenvalue weighted by atomic mass is 9.71. The van der Waals surface area contributed by atoms with Crippen molar-refractivity contribution in [2.24, 2.45) is 11.3 Å². The standard InChI is InChI=1S/C17H30N2O2/c1-17(2,3)12-8-10-14(11-9-12)19-16(21)15(20)18-13-6-4-5-7-13/h12-14H,4-11H2,1-3H3,(H,18,20)(H,19,21). The number of nitrogens with one attached hydrogen (secondary N) is 2. The van der Waals surface area contributed by atoms with E-state index in [-0.39, 0.29) is 12.1 Å². The van der Waals surface area contributed by atoms with Crippen LogP contribution < -0.4 is 10.6 Å². The summed E-state index contributed by atoms with van der Waals surface area (Å²) in [5.74, 6) is -0.168. The summed E-state index contributed by atoms with van der Waals surface area (Å²) in [4.78, 5) is 23.8. The summed E-state index contributed by atoms with van der Waals surface area (Å²) in [7, 11) is 0. The lowest BCUT2D eigenvalue weighted by molar-refractivity contribution is -0.140. The summed E-state index contributed by atoms with van der Waals surface area (Å²) in [6.07, 6.45) is 8.59. The Balaban J connectivity index is 1.72. The lowest BCUT2D eigenvalue weighted by Gasteiger charge is -2.37. The second kappa shape index (κ2) is 6.80. The minimum absolute atomic E-state index is 0.172. The summed E-state index contributed by atoms with van der Waals surface area (Å²) in [6, 6.07) is 0.380. The molecule has 2 saturated carbocycles. The molecule has 0 saturated heterocycles. The summed E-state index contributed by atoms with van der Waals surface area (Å²) >= 11 is 0. The molecule has 21 heavy (non-hydrogen) atoms. The molecule has 0 radical (unpaired) electrons. The van der Waals surface area contributed by atoms with Gasteiger partial charge in [0.25, 0.3) is 0 Å². The second-order valence-electron chi connectivity index (χ2n) is 7.84. The Bertz CT molecular complexity index is 373. The molecule has 0 unspecified atom stereocenters. The van der Waals surface area contributed by atoms with E-state index in [1.807, 2.05) is 0 Å². The first kappa shape index (κ1) is 16.3. The highest BCUT2D eigenvalue weighted by atomic mass is 16.2. The fourth-order valence-electron chi connectivity index (χ4n) is 3.68. The predicted octanol–water partition coefficient (Wildman–Crippen LogP) is 2.77. The Hall–Kier alpha value is -1.06. The number of carbonyl (C=O) groups excluding carboxylic acids is 2. The van der Waals surface area contributed by atoms with Gasteiger partial charge in [-0.25, -0.2) is 0 Å². The van der Waals surface area contributed by atoms with Gasteiger partial charge < -0.3 is 10.6 Å². The number of amides is 2. The maximum absolute atomic E-state index is 12.0. The van der Waals surface area contributed by atoms with E-state index in [9.17, 15) is 9.59 Å². The number of rotatable bonds is 2. The summed E-state index contributed by atoms with van der Waals surface area (Å²) in [5.41, 5.74) is 0.342. The minimum atomic E-state index is -0.445. The Morgan fingerprint density at radius 1 is 0.762 bits per heavy atom. The largest absolute Gasteiger partial charge is 0.345 e. The van der Waals surface area contributed by atoms with Gasteiger partial charge in [-0.3, -0.25) is 9.59 Å². The van der Waals surface area contributed by atoms with Crippen LogP contribution in [0.25, 0.3) is 0 Å². The summed E-state index contributed by atoms with van der Waals surface area (Å²) in [5, 5.41) is 5.76. The van der Waals surface area contributed by atoms with Crippen molar-refractivity contribution < 1.29 is 9.59 Å². The van der Waals surface area contributed by atoms with Crippen LogP contribution >= 0.6 is 0 Å². The molecule has 2 N–H and O–H groups in total. The fourth-order valence-corrected chi connectivity index (χ4v) is 3.68. The average molecular weight is 294 g/mol. The van der Waals surface area contributed by atoms with E-state index in [0.29, 0.717) is 5.41 Å². The lowest BCUT2D eigenvalue weighted by Crippen LogP contribution is -2.48. The smallest absolute Gasteiger partial charge is 0.309 e. The zero-order valence-electron chi connectivity index (χ0n) is 13.7. The van der Waals surface area contributed by atoms with Crippen LogP contribution in [-0.2, 0) is 9.59 Å². The molecule has 2 rings (SSSR count). The van der Waals surface area contributed by atoms with Crippen LogP contribution in [0.1, 0.15) is 72.1 Å². The van der Waals surface area contributed by atoms with Gasteiger partial charge in [0.2, 0.25) is 0 Å². The monoisotopic (exact) mass is 294 g/mol. The molecule has 0 bridgehead atoms. The van der Waals surface area contributed by atoms with Crippen molar-refractivity contribution in [1.82, 2.24) is 10.6 Å². The number of hydrogen-bond donors (Lipinski definition) is 2. The highest BCUT2D eigenvalue weighted by Gasteiger charge is 2.31. The van der Waals surface area contributed by atoms with Gasteiger partial charge >= 0.3 is 11.8 Å². The molecule has 0 atom stereocenters. The van der Waals surface area contributed by atoms with Crippen LogP contribution in [0.3, 0.4) is 0 Å². The van der Waals surface area contributed by atoms with Crippen LogP contribution in [0.5, 0.6) is 0 Å². The van der Waals surface area contributed by atoms with E-state index in [4.69, 9.17) is 0 Å².